The maximum absolute atomic E-state index is 12.3. The Kier molecular flexibility index (Phi) is 6.53. The van der Waals surface area contributed by atoms with E-state index in [4.69, 9.17) is 4.74 Å². The largest absolute Gasteiger partial charge is 0.495 e. The highest BCUT2D eigenvalue weighted by molar-refractivity contribution is 8.01. The molecule has 0 saturated carbocycles. The number of carbonyl (C=O) groups is 1. The van der Waals surface area contributed by atoms with E-state index in [1.807, 2.05) is 31.2 Å². The maximum atomic E-state index is 12.3. The molecule has 28 heavy (non-hydrogen) atoms. The van der Waals surface area contributed by atoms with Crippen LogP contribution in [-0.2, 0) is 4.79 Å². The summed E-state index contributed by atoms with van der Waals surface area (Å²) >= 11 is 2.78. The highest BCUT2D eigenvalue weighted by atomic mass is 32.2. The molecule has 0 unspecified atom stereocenters. The molecular formula is C20H22N4O2S2. The number of anilines is 3. The Morgan fingerprint density at radius 3 is 2.57 bits per heavy atom. The minimum atomic E-state index is -0.118. The Hall–Kier alpha value is -2.58. The summed E-state index contributed by atoms with van der Waals surface area (Å²) in [5.41, 5.74) is 5.09. The molecule has 0 radical (unpaired) electrons. The lowest BCUT2D eigenvalue weighted by molar-refractivity contribution is -0.113. The van der Waals surface area contributed by atoms with Gasteiger partial charge in [-0.3, -0.25) is 4.79 Å². The number of hydrogen-bond donors (Lipinski definition) is 2. The smallest absolute Gasteiger partial charge is 0.234 e. The van der Waals surface area contributed by atoms with Crippen molar-refractivity contribution >= 4 is 45.5 Å². The van der Waals surface area contributed by atoms with Gasteiger partial charge in [-0.1, -0.05) is 46.9 Å². The van der Waals surface area contributed by atoms with Gasteiger partial charge in [0.05, 0.1) is 18.6 Å². The van der Waals surface area contributed by atoms with E-state index in [2.05, 4.69) is 46.8 Å². The van der Waals surface area contributed by atoms with E-state index >= 15 is 0 Å². The molecule has 146 valence electrons. The molecule has 0 atom stereocenters. The molecule has 6 nitrogen and oxygen atoms in total. The lowest BCUT2D eigenvalue weighted by atomic mass is 10.1. The monoisotopic (exact) mass is 414 g/mol. The molecular weight excluding hydrogens is 392 g/mol. The van der Waals surface area contributed by atoms with Gasteiger partial charge in [0, 0.05) is 5.69 Å². The second-order valence-electron chi connectivity index (χ2n) is 6.36. The van der Waals surface area contributed by atoms with Crippen LogP contribution < -0.4 is 15.4 Å². The number of nitrogens with one attached hydrogen (secondary N) is 2. The van der Waals surface area contributed by atoms with Crippen molar-refractivity contribution in [2.75, 3.05) is 23.5 Å². The topological polar surface area (TPSA) is 76.1 Å². The highest BCUT2D eigenvalue weighted by Crippen LogP contribution is 2.30. The van der Waals surface area contributed by atoms with Crippen LogP contribution in [0.15, 0.2) is 40.7 Å². The standard InChI is InChI=1S/C20H22N4O2S2/c1-12-5-7-15(14(3)9-12)22-19-23-24-20(28-19)27-11-18(25)21-16-10-13(2)6-8-17(16)26-4/h5-10H,11H2,1-4H3,(H,21,25)(H,22,23). The molecule has 2 N–H and O–H groups in total. The van der Waals surface area contributed by atoms with Crippen LogP contribution in [0.1, 0.15) is 16.7 Å². The van der Waals surface area contributed by atoms with E-state index in [0.29, 0.717) is 16.6 Å². The van der Waals surface area contributed by atoms with Gasteiger partial charge < -0.3 is 15.4 Å². The Balaban J connectivity index is 1.57. The summed E-state index contributed by atoms with van der Waals surface area (Å²) in [5, 5.41) is 15.2. The molecule has 8 heteroatoms. The fourth-order valence-electron chi connectivity index (χ4n) is 2.62. The van der Waals surface area contributed by atoms with E-state index in [1.54, 1.807) is 7.11 Å². The SMILES string of the molecule is COc1ccc(C)cc1NC(=O)CSc1nnc(Nc2ccc(C)cc2C)s1. The molecule has 1 amide bonds. The van der Waals surface area contributed by atoms with Crippen molar-refractivity contribution in [3.63, 3.8) is 0 Å². The molecule has 0 aliphatic rings. The van der Waals surface area contributed by atoms with E-state index < -0.39 is 0 Å². The average Bonchev–Trinajstić information content (AvgIpc) is 3.10. The van der Waals surface area contributed by atoms with Crippen LogP contribution in [0.25, 0.3) is 0 Å². The van der Waals surface area contributed by atoms with Crippen molar-refractivity contribution in [1.29, 1.82) is 0 Å². The number of thioether (sulfide) groups is 1. The van der Waals surface area contributed by atoms with Gasteiger partial charge in [-0.15, -0.1) is 10.2 Å². The van der Waals surface area contributed by atoms with Crippen molar-refractivity contribution in [2.24, 2.45) is 0 Å². The van der Waals surface area contributed by atoms with Crippen molar-refractivity contribution in [3.05, 3.63) is 53.1 Å². The van der Waals surface area contributed by atoms with Crippen LogP contribution in [0.4, 0.5) is 16.5 Å². The summed E-state index contributed by atoms with van der Waals surface area (Å²) in [6.45, 7) is 6.08. The number of hydrogen-bond acceptors (Lipinski definition) is 7. The van der Waals surface area contributed by atoms with Crippen molar-refractivity contribution in [1.82, 2.24) is 10.2 Å². The van der Waals surface area contributed by atoms with Crippen LogP contribution in [0.5, 0.6) is 5.75 Å². The summed E-state index contributed by atoms with van der Waals surface area (Å²) in [5.74, 6) is 0.766. The number of amides is 1. The van der Waals surface area contributed by atoms with E-state index in [-0.39, 0.29) is 11.7 Å². The highest BCUT2D eigenvalue weighted by Gasteiger charge is 2.11. The summed E-state index contributed by atoms with van der Waals surface area (Å²) in [4.78, 5) is 12.3. The first-order chi connectivity index (χ1) is 13.4. The molecule has 0 aliphatic carbocycles. The lowest BCUT2D eigenvalue weighted by Gasteiger charge is -2.10. The Morgan fingerprint density at radius 1 is 1.07 bits per heavy atom. The first-order valence-corrected chi connectivity index (χ1v) is 10.5. The van der Waals surface area contributed by atoms with Gasteiger partial charge in [-0.25, -0.2) is 0 Å². The molecule has 3 rings (SSSR count). The van der Waals surface area contributed by atoms with Gasteiger partial charge in [0.15, 0.2) is 4.34 Å². The third-order valence-corrected chi connectivity index (χ3v) is 5.96. The third-order valence-electron chi connectivity index (χ3n) is 3.99. The number of aryl methyl sites for hydroxylation is 3. The fourth-order valence-corrected chi connectivity index (χ4v) is 4.19. The van der Waals surface area contributed by atoms with Gasteiger partial charge in [0.2, 0.25) is 11.0 Å². The van der Waals surface area contributed by atoms with Crippen molar-refractivity contribution < 1.29 is 9.53 Å². The van der Waals surface area contributed by atoms with Gasteiger partial charge in [0.25, 0.3) is 0 Å². The lowest BCUT2D eigenvalue weighted by Crippen LogP contribution is -2.14. The molecule has 0 aliphatic heterocycles. The number of nitrogens with zero attached hydrogens (tertiary/aromatic N) is 2. The fraction of sp³-hybridized carbons (Fsp3) is 0.250. The predicted molar refractivity (Wildman–Crippen MR) is 116 cm³/mol. The normalized spacial score (nSPS) is 10.6. The second kappa shape index (κ2) is 9.07. The second-order valence-corrected chi connectivity index (χ2v) is 8.56. The predicted octanol–water partition coefficient (Wildman–Crippen LogP) is 4.95. The average molecular weight is 415 g/mol. The van der Waals surface area contributed by atoms with Crippen LogP contribution in [0, 0.1) is 20.8 Å². The van der Waals surface area contributed by atoms with Crippen molar-refractivity contribution in [3.8, 4) is 5.75 Å². The molecule has 1 aromatic heterocycles. The first kappa shape index (κ1) is 20.2. The quantitative estimate of drug-likeness (QED) is 0.533. The van der Waals surface area contributed by atoms with Gasteiger partial charge in [-0.2, -0.15) is 0 Å². The number of benzene rings is 2. The van der Waals surface area contributed by atoms with E-state index in [1.165, 1.54) is 28.7 Å². The molecule has 0 fully saturated rings. The number of carbonyl (C=O) groups excluding carboxylic acids is 1. The molecule has 0 saturated heterocycles. The number of aromatic nitrogens is 2. The Morgan fingerprint density at radius 2 is 1.82 bits per heavy atom. The van der Waals surface area contributed by atoms with Gasteiger partial charge in [-0.05, 0) is 50.1 Å². The summed E-state index contributed by atoms with van der Waals surface area (Å²) in [6.07, 6.45) is 0. The minimum Gasteiger partial charge on any atom is -0.495 e. The van der Waals surface area contributed by atoms with Crippen LogP contribution in [0.3, 0.4) is 0 Å². The van der Waals surface area contributed by atoms with Crippen molar-refractivity contribution in [2.45, 2.75) is 25.1 Å². The maximum Gasteiger partial charge on any atom is 0.234 e. The number of rotatable bonds is 7. The molecule has 1 heterocycles. The molecule has 2 aromatic carbocycles. The van der Waals surface area contributed by atoms with Gasteiger partial charge >= 0.3 is 0 Å². The summed E-state index contributed by atoms with van der Waals surface area (Å²) in [7, 11) is 1.58. The minimum absolute atomic E-state index is 0.118. The Bertz CT molecular complexity index is 988. The summed E-state index contributed by atoms with van der Waals surface area (Å²) < 4.78 is 6.03. The number of methoxy groups -OCH3 is 1. The van der Waals surface area contributed by atoms with Gasteiger partial charge in [0.1, 0.15) is 5.75 Å². The van der Waals surface area contributed by atoms with Crippen LogP contribution in [-0.4, -0.2) is 29.0 Å². The Labute approximate surface area is 172 Å². The molecule has 0 spiro atoms. The molecule has 3 aromatic rings. The zero-order chi connectivity index (χ0) is 20.1. The summed E-state index contributed by atoms with van der Waals surface area (Å²) in [6, 6.07) is 11.9. The third kappa shape index (κ3) is 5.24. The zero-order valence-electron chi connectivity index (χ0n) is 16.2. The van der Waals surface area contributed by atoms with Crippen LogP contribution >= 0.6 is 23.1 Å². The first-order valence-electron chi connectivity index (χ1n) is 8.69. The molecule has 0 bridgehead atoms. The van der Waals surface area contributed by atoms with E-state index in [9.17, 15) is 4.79 Å². The van der Waals surface area contributed by atoms with E-state index in [0.717, 1.165) is 21.2 Å². The van der Waals surface area contributed by atoms with Crippen LogP contribution in [0.2, 0.25) is 0 Å². The number of ether oxygens (including phenoxy) is 1. The zero-order valence-corrected chi connectivity index (χ0v) is 17.8.